The fourth-order valence-corrected chi connectivity index (χ4v) is 4.41. The third-order valence-corrected chi connectivity index (χ3v) is 6.25. The highest BCUT2D eigenvalue weighted by molar-refractivity contribution is 5.94. The molecular formula is C24H23N3O4. The first-order valence-corrected chi connectivity index (χ1v) is 10.5. The minimum Gasteiger partial charge on any atom is -0.491 e. The number of hydrogen-bond acceptors (Lipinski definition) is 6. The molecule has 158 valence electrons. The normalized spacial score (nSPS) is 17.0. The Balaban J connectivity index is 1.71. The molecular weight excluding hydrogens is 394 g/mol. The molecule has 7 nitrogen and oxygen atoms in total. The topological polar surface area (TPSA) is 95.7 Å². The lowest BCUT2D eigenvalue weighted by molar-refractivity contribution is -0.132. The van der Waals surface area contributed by atoms with Gasteiger partial charge >= 0.3 is 5.97 Å². The quantitative estimate of drug-likeness (QED) is 0.784. The van der Waals surface area contributed by atoms with Crippen LogP contribution in [-0.2, 0) is 17.6 Å². The number of benzene rings is 1. The van der Waals surface area contributed by atoms with Gasteiger partial charge in [-0.2, -0.15) is 5.26 Å². The van der Waals surface area contributed by atoms with E-state index in [1.54, 1.807) is 12.3 Å². The predicted molar refractivity (Wildman–Crippen MR) is 114 cm³/mol. The summed E-state index contributed by atoms with van der Waals surface area (Å²) in [5, 5.41) is 19.4. The van der Waals surface area contributed by atoms with E-state index in [1.165, 1.54) is 0 Å². The van der Waals surface area contributed by atoms with Gasteiger partial charge in [-0.1, -0.05) is 0 Å². The Morgan fingerprint density at radius 1 is 1.35 bits per heavy atom. The van der Waals surface area contributed by atoms with Gasteiger partial charge in [-0.05, 0) is 50.3 Å². The van der Waals surface area contributed by atoms with Gasteiger partial charge in [0.15, 0.2) is 0 Å². The van der Waals surface area contributed by atoms with Crippen LogP contribution < -0.4 is 14.4 Å². The summed E-state index contributed by atoms with van der Waals surface area (Å²) in [6, 6.07) is 5.86. The van der Waals surface area contributed by atoms with E-state index in [2.05, 4.69) is 11.1 Å². The Morgan fingerprint density at radius 2 is 2.16 bits per heavy atom. The summed E-state index contributed by atoms with van der Waals surface area (Å²) >= 11 is 0. The first-order valence-electron chi connectivity index (χ1n) is 10.5. The zero-order valence-corrected chi connectivity index (χ0v) is 17.6. The number of carboxylic acid groups (broad SMARTS) is 1. The lowest BCUT2D eigenvalue weighted by atomic mass is 9.93. The molecule has 0 atom stereocenters. The molecule has 1 aromatic heterocycles. The smallest absolute Gasteiger partial charge is 0.333 e. The second-order valence-corrected chi connectivity index (χ2v) is 8.36. The van der Waals surface area contributed by atoms with Crippen LogP contribution in [0.2, 0.25) is 0 Å². The average Bonchev–Trinajstić information content (AvgIpc) is 3.45. The van der Waals surface area contributed by atoms with Crippen molar-refractivity contribution < 1.29 is 19.4 Å². The molecule has 2 aromatic rings. The molecule has 7 heteroatoms. The number of aromatic nitrogens is 1. The molecule has 0 radical (unpaired) electrons. The molecule has 3 aliphatic rings. The van der Waals surface area contributed by atoms with Crippen molar-refractivity contribution in [1.29, 1.82) is 5.26 Å². The van der Waals surface area contributed by atoms with Crippen LogP contribution in [0, 0.1) is 24.2 Å². The van der Waals surface area contributed by atoms with E-state index in [0.29, 0.717) is 54.0 Å². The van der Waals surface area contributed by atoms with Gasteiger partial charge in [0.25, 0.3) is 0 Å². The lowest BCUT2D eigenvalue weighted by Crippen LogP contribution is -2.27. The van der Waals surface area contributed by atoms with Crippen molar-refractivity contribution in [2.45, 2.75) is 39.5 Å². The second-order valence-electron chi connectivity index (χ2n) is 8.36. The molecule has 1 fully saturated rings. The highest BCUT2D eigenvalue weighted by Gasteiger charge is 2.35. The molecule has 0 amide bonds. The van der Waals surface area contributed by atoms with E-state index in [4.69, 9.17) is 9.47 Å². The third-order valence-electron chi connectivity index (χ3n) is 6.25. The van der Waals surface area contributed by atoms with Crippen molar-refractivity contribution in [2.75, 3.05) is 18.1 Å². The Hall–Kier alpha value is -3.53. The molecule has 1 aliphatic carbocycles. The van der Waals surface area contributed by atoms with Crippen LogP contribution in [0.25, 0.3) is 0 Å². The maximum absolute atomic E-state index is 12.1. The van der Waals surface area contributed by atoms with Gasteiger partial charge in [-0.25, -0.2) is 9.78 Å². The fraction of sp³-hybridized carbons (Fsp3) is 0.375. The number of hydrogen-bond donors (Lipinski definition) is 1. The number of anilines is 2. The van der Waals surface area contributed by atoms with Crippen LogP contribution in [0.1, 0.15) is 42.0 Å². The van der Waals surface area contributed by atoms with Gasteiger partial charge in [0.1, 0.15) is 5.75 Å². The molecule has 1 N–H and O–H groups in total. The largest absolute Gasteiger partial charge is 0.491 e. The molecule has 0 spiro atoms. The minimum atomic E-state index is -0.964. The molecule has 3 heterocycles. The van der Waals surface area contributed by atoms with E-state index in [1.807, 2.05) is 24.8 Å². The van der Waals surface area contributed by atoms with Gasteiger partial charge < -0.3 is 19.5 Å². The molecule has 0 saturated heterocycles. The number of nitrogens with zero attached hydrogens (tertiary/aromatic N) is 3. The molecule has 1 saturated carbocycles. The molecule has 5 rings (SSSR count). The SMILES string of the molecule is CC1=C(C(=O)O)Cc2c(OCC3CC3)ncc(C)c2N1c1ccc(C#N)c2c1OCC2. The standard InChI is InChI=1S/C24H23N3O4/c1-13-11-26-23(31-12-15-3-4-15)19-9-18(24(28)29)14(2)27(21(13)19)20-6-5-16(10-25)17-7-8-30-22(17)20/h5-6,11,15H,3-4,7-9,12H2,1-2H3,(H,28,29). The van der Waals surface area contributed by atoms with E-state index in [-0.39, 0.29) is 6.42 Å². The number of carboxylic acids is 1. The highest BCUT2D eigenvalue weighted by atomic mass is 16.5. The van der Waals surface area contributed by atoms with Crippen molar-refractivity contribution in [3.63, 3.8) is 0 Å². The summed E-state index contributed by atoms with van der Waals surface area (Å²) in [4.78, 5) is 18.6. The van der Waals surface area contributed by atoms with Crippen molar-refractivity contribution >= 4 is 17.3 Å². The molecule has 31 heavy (non-hydrogen) atoms. The number of ether oxygens (including phenoxy) is 2. The van der Waals surface area contributed by atoms with Crippen molar-refractivity contribution in [1.82, 2.24) is 4.98 Å². The van der Waals surface area contributed by atoms with E-state index in [9.17, 15) is 15.2 Å². The predicted octanol–water partition coefficient (Wildman–Crippen LogP) is 4.04. The Bertz CT molecular complexity index is 1170. The Kier molecular flexibility index (Phi) is 4.58. The maximum atomic E-state index is 12.1. The van der Waals surface area contributed by atoms with Gasteiger partial charge in [-0.3, -0.25) is 0 Å². The van der Waals surface area contributed by atoms with E-state index in [0.717, 1.165) is 40.9 Å². The highest BCUT2D eigenvalue weighted by Crippen LogP contribution is 2.49. The number of aliphatic carboxylic acids is 1. The first kappa shape index (κ1) is 19.4. The van der Waals surface area contributed by atoms with Crippen LogP contribution in [0.4, 0.5) is 11.4 Å². The number of pyridine rings is 1. The van der Waals surface area contributed by atoms with Crippen LogP contribution in [0.5, 0.6) is 11.6 Å². The van der Waals surface area contributed by atoms with Crippen LogP contribution >= 0.6 is 0 Å². The number of carbonyl (C=O) groups is 1. The number of nitriles is 1. The molecule has 0 bridgehead atoms. The number of rotatable bonds is 5. The third kappa shape index (κ3) is 3.19. The minimum absolute atomic E-state index is 0.251. The average molecular weight is 417 g/mol. The Morgan fingerprint density at radius 3 is 2.87 bits per heavy atom. The monoisotopic (exact) mass is 417 g/mol. The number of allylic oxidation sites excluding steroid dienone is 1. The number of aryl methyl sites for hydroxylation is 1. The first-order chi connectivity index (χ1) is 15.0. The van der Waals surface area contributed by atoms with E-state index >= 15 is 0 Å². The second kappa shape index (κ2) is 7.31. The Labute approximate surface area is 180 Å². The van der Waals surface area contributed by atoms with Crippen LogP contribution in [-0.4, -0.2) is 29.3 Å². The van der Waals surface area contributed by atoms with Crippen molar-refractivity contribution in [3.8, 4) is 17.7 Å². The fourth-order valence-electron chi connectivity index (χ4n) is 4.41. The van der Waals surface area contributed by atoms with Gasteiger partial charge in [-0.15, -0.1) is 0 Å². The molecule has 2 aliphatic heterocycles. The maximum Gasteiger partial charge on any atom is 0.333 e. The van der Waals surface area contributed by atoms with Gasteiger partial charge in [0, 0.05) is 35.9 Å². The molecule has 0 unspecified atom stereocenters. The van der Waals surface area contributed by atoms with Crippen LogP contribution in [0.15, 0.2) is 29.6 Å². The summed E-state index contributed by atoms with van der Waals surface area (Å²) in [6.07, 6.45) is 5.01. The lowest BCUT2D eigenvalue weighted by Gasteiger charge is -2.35. The van der Waals surface area contributed by atoms with Gasteiger partial charge in [0.05, 0.1) is 41.8 Å². The summed E-state index contributed by atoms with van der Waals surface area (Å²) < 4.78 is 12.0. The van der Waals surface area contributed by atoms with Gasteiger partial charge in [0.2, 0.25) is 5.88 Å². The summed E-state index contributed by atoms with van der Waals surface area (Å²) in [7, 11) is 0. The number of fused-ring (bicyclic) bond motifs is 2. The van der Waals surface area contributed by atoms with Crippen LogP contribution in [0.3, 0.4) is 0 Å². The summed E-state index contributed by atoms with van der Waals surface area (Å²) in [5.41, 5.74) is 5.71. The summed E-state index contributed by atoms with van der Waals surface area (Å²) in [6.45, 7) is 4.88. The summed E-state index contributed by atoms with van der Waals surface area (Å²) in [5.74, 6) is 0.737. The molecule has 1 aromatic carbocycles. The van der Waals surface area contributed by atoms with E-state index < -0.39 is 5.97 Å². The van der Waals surface area contributed by atoms with Crippen molar-refractivity contribution in [3.05, 3.63) is 51.9 Å². The zero-order chi connectivity index (χ0) is 21.7. The van der Waals surface area contributed by atoms with Crippen molar-refractivity contribution in [2.24, 2.45) is 5.92 Å². The zero-order valence-electron chi connectivity index (χ0n) is 17.6.